The number of aromatic nitrogens is 1. The molecule has 134 valence electrons. The van der Waals surface area contributed by atoms with E-state index >= 15 is 0 Å². The second-order valence-corrected chi connectivity index (χ2v) is 8.01. The van der Waals surface area contributed by atoms with Crippen molar-refractivity contribution in [2.75, 3.05) is 6.26 Å². The number of sulfone groups is 1. The summed E-state index contributed by atoms with van der Waals surface area (Å²) in [7, 11) is -3.64. The number of benzene rings is 2. The summed E-state index contributed by atoms with van der Waals surface area (Å²) in [6, 6.07) is 15.3. The summed E-state index contributed by atoms with van der Waals surface area (Å²) in [5, 5.41) is 3.05. The molecule has 26 heavy (non-hydrogen) atoms. The van der Waals surface area contributed by atoms with Crippen LogP contribution in [0, 0.1) is 0 Å². The van der Waals surface area contributed by atoms with Crippen molar-refractivity contribution in [2.24, 2.45) is 0 Å². The van der Waals surface area contributed by atoms with Crippen molar-refractivity contribution < 1.29 is 18.0 Å². The van der Waals surface area contributed by atoms with E-state index in [2.05, 4.69) is 10.3 Å². The van der Waals surface area contributed by atoms with E-state index in [4.69, 9.17) is 0 Å². The predicted molar refractivity (Wildman–Crippen MR) is 98.9 cm³/mol. The Morgan fingerprint density at radius 3 is 2.42 bits per heavy atom. The number of amides is 1. The summed E-state index contributed by atoms with van der Waals surface area (Å²) in [6.07, 6.45) is 2.03. The molecule has 0 saturated heterocycles. The van der Waals surface area contributed by atoms with E-state index in [1.165, 1.54) is 0 Å². The maximum Gasteiger partial charge on any atom is 0.269 e. The topological polar surface area (TPSA) is 96.1 Å². The smallest absolute Gasteiger partial charge is 0.269 e. The van der Waals surface area contributed by atoms with E-state index in [0.717, 1.165) is 11.8 Å². The van der Waals surface area contributed by atoms with Crippen LogP contribution in [-0.2, 0) is 21.1 Å². The third-order valence-corrected chi connectivity index (χ3v) is 5.20. The summed E-state index contributed by atoms with van der Waals surface area (Å²) in [5.74, 6) is -0.630. The fraction of sp³-hybridized carbons (Fsp3) is 0.158. The normalized spacial score (nSPS) is 12.7. The van der Waals surface area contributed by atoms with Crippen LogP contribution >= 0.6 is 0 Å². The Kier molecular flexibility index (Phi) is 4.90. The molecule has 1 atom stereocenters. The number of carbonyl (C=O) groups excluding carboxylic acids is 2. The molecule has 1 aromatic heterocycles. The molecule has 0 aliphatic heterocycles. The Labute approximate surface area is 151 Å². The lowest BCUT2D eigenvalue weighted by Gasteiger charge is -2.13. The first-order valence-corrected chi connectivity index (χ1v) is 9.90. The zero-order chi connectivity index (χ0) is 18.7. The highest BCUT2D eigenvalue weighted by molar-refractivity contribution is 7.91. The molecule has 1 amide bonds. The first kappa shape index (κ1) is 17.9. The molecule has 1 heterocycles. The summed E-state index contributed by atoms with van der Waals surface area (Å²) in [6.45, 7) is 0. The molecule has 2 N–H and O–H groups in total. The van der Waals surface area contributed by atoms with E-state index in [1.54, 1.807) is 24.3 Å². The van der Waals surface area contributed by atoms with Crippen LogP contribution in [0.2, 0.25) is 0 Å². The van der Waals surface area contributed by atoms with Gasteiger partial charge in [-0.3, -0.25) is 4.79 Å². The summed E-state index contributed by atoms with van der Waals surface area (Å²) >= 11 is 0. The number of aromatic amines is 1. The van der Waals surface area contributed by atoms with Crippen LogP contribution < -0.4 is 5.32 Å². The van der Waals surface area contributed by atoms with Crippen molar-refractivity contribution in [3.63, 3.8) is 0 Å². The number of hydrogen-bond acceptors (Lipinski definition) is 4. The predicted octanol–water partition coefficient (Wildman–Crippen LogP) is 2.11. The Balaban J connectivity index is 1.93. The number of rotatable bonds is 6. The Bertz CT molecular complexity index is 1060. The number of fused-ring (bicyclic) bond motifs is 1. The summed E-state index contributed by atoms with van der Waals surface area (Å²) in [5.41, 5.74) is 1.38. The summed E-state index contributed by atoms with van der Waals surface area (Å²) in [4.78, 5) is 26.9. The third-order valence-electron chi connectivity index (χ3n) is 4.04. The maximum absolute atomic E-state index is 12.7. The molecule has 0 radical (unpaired) electrons. The van der Waals surface area contributed by atoms with Crippen molar-refractivity contribution in [2.45, 2.75) is 17.4 Å². The Morgan fingerprint density at radius 2 is 1.77 bits per heavy atom. The minimum absolute atomic E-state index is 0.0602. The highest BCUT2D eigenvalue weighted by Crippen LogP contribution is 2.27. The average molecular weight is 370 g/mol. The molecule has 7 heteroatoms. The monoisotopic (exact) mass is 370 g/mol. The van der Waals surface area contributed by atoms with Crippen LogP contribution in [0.15, 0.2) is 59.5 Å². The molecule has 2 aromatic carbocycles. The van der Waals surface area contributed by atoms with E-state index in [1.807, 2.05) is 30.3 Å². The molecule has 0 aliphatic rings. The lowest BCUT2D eigenvalue weighted by molar-refractivity contribution is -0.109. The van der Waals surface area contributed by atoms with Crippen molar-refractivity contribution in [3.05, 3.63) is 65.9 Å². The van der Waals surface area contributed by atoms with Gasteiger partial charge in [-0.05, 0) is 18.1 Å². The van der Waals surface area contributed by atoms with Crippen molar-refractivity contribution in [3.8, 4) is 0 Å². The van der Waals surface area contributed by atoms with Gasteiger partial charge < -0.3 is 15.1 Å². The van der Waals surface area contributed by atoms with Crippen LogP contribution in [-0.4, -0.2) is 37.9 Å². The van der Waals surface area contributed by atoms with Crippen LogP contribution in [0.5, 0.6) is 0 Å². The first-order valence-electron chi connectivity index (χ1n) is 8.01. The van der Waals surface area contributed by atoms with E-state index < -0.39 is 21.8 Å². The molecule has 0 spiro atoms. The molecule has 3 aromatic rings. The van der Waals surface area contributed by atoms with Gasteiger partial charge in [0.05, 0.1) is 6.04 Å². The van der Waals surface area contributed by atoms with Gasteiger partial charge in [0, 0.05) is 17.2 Å². The minimum Gasteiger partial charge on any atom is -0.349 e. The quantitative estimate of drug-likeness (QED) is 0.650. The van der Waals surface area contributed by atoms with Gasteiger partial charge in [0.2, 0.25) is 0 Å². The first-order chi connectivity index (χ1) is 12.4. The molecule has 0 aliphatic carbocycles. The van der Waals surface area contributed by atoms with Gasteiger partial charge in [0.15, 0.2) is 9.84 Å². The third kappa shape index (κ3) is 3.67. The molecule has 0 bridgehead atoms. The Hall–Kier alpha value is -2.93. The largest absolute Gasteiger partial charge is 0.349 e. The van der Waals surface area contributed by atoms with Crippen LogP contribution in [0.3, 0.4) is 0 Å². The van der Waals surface area contributed by atoms with Gasteiger partial charge in [-0.25, -0.2) is 8.42 Å². The standard InChI is InChI=1S/C19H18N2O4S/c1-26(24,25)18-15-9-5-6-10-16(15)21-17(18)19(23)20-14(12-22)11-13-7-3-2-4-8-13/h2-10,12,14,21H,11H2,1H3,(H,20,23). The molecular formula is C19H18N2O4S. The molecule has 6 nitrogen and oxygen atoms in total. The van der Waals surface area contributed by atoms with Gasteiger partial charge in [0.1, 0.15) is 16.9 Å². The van der Waals surface area contributed by atoms with Gasteiger partial charge in [-0.15, -0.1) is 0 Å². The minimum atomic E-state index is -3.64. The zero-order valence-corrected chi connectivity index (χ0v) is 14.9. The second kappa shape index (κ2) is 7.13. The zero-order valence-electron chi connectivity index (χ0n) is 14.1. The fourth-order valence-electron chi connectivity index (χ4n) is 2.90. The van der Waals surface area contributed by atoms with Crippen molar-refractivity contribution >= 4 is 32.9 Å². The van der Waals surface area contributed by atoms with Gasteiger partial charge in [-0.2, -0.15) is 0 Å². The van der Waals surface area contributed by atoms with Crippen molar-refractivity contribution in [1.29, 1.82) is 0 Å². The maximum atomic E-state index is 12.7. The van der Waals surface area contributed by atoms with Gasteiger partial charge >= 0.3 is 0 Å². The van der Waals surface area contributed by atoms with E-state index in [0.29, 0.717) is 23.6 Å². The highest BCUT2D eigenvalue weighted by atomic mass is 32.2. The summed E-state index contributed by atoms with van der Waals surface area (Å²) < 4.78 is 24.4. The van der Waals surface area contributed by atoms with Gasteiger partial charge in [0.25, 0.3) is 5.91 Å². The van der Waals surface area contributed by atoms with Crippen molar-refractivity contribution in [1.82, 2.24) is 10.3 Å². The lowest BCUT2D eigenvalue weighted by atomic mass is 10.1. The van der Waals surface area contributed by atoms with Crippen LogP contribution in [0.1, 0.15) is 16.1 Å². The number of carbonyl (C=O) groups is 2. The molecule has 3 rings (SSSR count). The number of hydrogen-bond donors (Lipinski definition) is 2. The van der Waals surface area contributed by atoms with Gasteiger partial charge in [-0.1, -0.05) is 48.5 Å². The molecule has 0 fully saturated rings. The average Bonchev–Trinajstić information content (AvgIpc) is 3.02. The van der Waals surface area contributed by atoms with Crippen LogP contribution in [0.25, 0.3) is 10.9 Å². The Morgan fingerprint density at radius 1 is 1.12 bits per heavy atom. The number of aldehydes is 1. The molecule has 0 saturated carbocycles. The number of nitrogens with one attached hydrogen (secondary N) is 2. The SMILES string of the molecule is CS(=O)(=O)c1c(C(=O)NC(C=O)Cc2ccccc2)[nH]c2ccccc12. The number of H-pyrrole nitrogens is 1. The highest BCUT2D eigenvalue weighted by Gasteiger charge is 2.26. The van der Waals surface area contributed by atoms with E-state index in [-0.39, 0.29) is 10.6 Å². The van der Waals surface area contributed by atoms with Crippen LogP contribution in [0.4, 0.5) is 0 Å². The lowest BCUT2D eigenvalue weighted by Crippen LogP contribution is -2.38. The number of para-hydroxylation sites is 1. The fourth-order valence-corrected chi connectivity index (χ4v) is 3.99. The molecule has 1 unspecified atom stereocenters. The molecular weight excluding hydrogens is 352 g/mol. The van der Waals surface area contributed by atoms with E-state index in [9.17, 15) is 18.0 Å². The second-order valence-electron chi connectivity index (χ2n) is 6.05.